The van der Waals surface area contributed by atoms with Crippen LogP contribution in [0.1, 0.15) is 32.2 Å². The number of nitrogens with zero attached hydrogens (tertiary/aromatic N) is 2. The third kappa shape index (κ3) is 3.54. The maximum atomic E-state index is 12.4. The molecule has 0 bridgehead atoms. The van der Waals surface area contributed by atoms with Gasteiger partial charge in [-0.25, -0.2) is 4.98 Å². The van der Waals surface area contributed by atoms with Crippen LogP contribution in [-0.4, -0.2) is 31.9 Å². The standard InChI is InChI=1S/C19H15N5O3/c25-17(12-5-2-1-3-6-12)13-9-14(20-10-13)19(26)21-11-16-22-18(24-23-16)15-7-4-8-27-15/h1-10,20H,11H2,(H,21,26)(H,22,23,24). The second-order valence-electron chi connectivity index (χ2n) is 5.76. The van der Waals surface area contributed by atoms with Crippen LogP contribution in [0.4, 0.5) is 0 Å². The molecule has 134 valence electrons. The minimum Gasteiger partial charge on any atom is -0.461 e. The van der Waals surface area contributed by atoms with Gasteiger partial charge in [-0.2, -0.15) is 0 Å². The van der Waals surface area contributed by atoms with Gasteiger partial charge in [-0.3, -0.25) is 14.7 Å². The molecule has 1 amide bonds. The molecule has 0 radical (unpaired) electrons. The predicted octanol–water partition coefficient (Wildman–Crippen LogP) is 2.55. The molecule has 0 saturated heterocycles. The molecule has 0 atom stereocenters. The highest BCUT2D eigenvalue weighted by Crippen LogP contribution is 2.14. The Hall–Kier alpha value is -3.94. The third-order valence-electron chi connectivity index (χ3n) is 3.92. The number of carbonyl (C=O) groups excluding carboxylic acids is 2. The van der Waals surface area contributed by atoms with E-state index in [-0.39, 0.29) is 18.2 Å². The molecule has 0 aliphatic rings. The van der Waals surface area contributed by atoms with E-state index in [9.17, 15) is 9.59 Å². The number of nitrogens with one attached hydrogen (secondary N) is 3. The molecular formula is C19H15N5O3. The number of rotatable bonds is 6. The van der Waals surface area contributed by atoms with E-state index >= 15 is 0 Å². The van der Waals surface area contributed by atoms with Crippen molar-refractivity contribution >= 4 is 11.7 Å². The lowest BCUT2D eigenvalue weighted by Gasteiger charge is -2.00. The van der Waals surface area contributed by atoms with Crippen LogP contribution in [0.2, 0.25) is 0 Å². The summed E-state index contributed by atoms with van der Waals surface area (Å²) in [6.45, 7) is 0.160. The zero-order valence-electron chi connectivity index (χ0n) is 14.1. The van der Waals surface area contributed by atoms with Crippen LogP contribution >= 0.6 is 0 Å². The van der Waals surface area contributed by atoms with Crippen molar-refractivity contribution in [2.45, 2.75) is 6.54 Å². The van der Waals surface area contributed by atoms with Crippen LogP contribution in [0, 0.1) is 0 Å². The molecular weight excluding hydrogens is 346 g/mol. The second kappa shape index (κ2) is 7.12. The number of carbonyl (C=O) groups is 2. The Morgan fingerprint density at radius 2 is 1.93 bits per heavy atom. The molecule has 4 rings (SSSR count). The largest absolute Gasteiger partial charge is 0.461 e. The molecule has 8 heteroatoms. The van der Waals surface area contributed by atoms with Gasteiger partial charge in [-0.15, -0.1) is 5.10 Å². The monoisotopic (exact) mass is 361 g/mol. The molecule has 0 saturated carbocycles. The summed E-state index contributed by atoms with van der Waals surface area (Å²) in [6.07, 6.45) is 3.06. The molecule has 8 nitrogen and oxygen atoms in total. The smallest absolute Gasteiger partial charge is 0.268 e. The van der Waals surface area contributed by atoms with Crippen LogP contribution in [-0.2, 0) is 6.54 Å². The highest BCUT2D eigenvalue weighted by Gasteiger charge is 2.15. The van der Waals surface area contributed by atoms with Crippen molar-refractivity contribution in [2.24, 2.45) is 0 Å². The van der Waals surface area contributed by atoms with Gasteiger partial charge in [0.25, 0.3) is 5.91 Å². The van der Waals surface area contributed by atoms with Gasteiger partial charge in [0.1, 0.15) is 11.5 Å². The van der Waals surface area contributed by atoms with Crippen LogP contribution in [0.5, 0.6) is 0 Å². The van der Waals surface area contributed by atoms with E-state index in [1.54, 1.807) is 36.4 Å². The summed E-state index contributed by atoms with van der Waals surface area (Å²) >= 11 is 0. The summed E-state index contributed by atoms with van der Waals surface area (Å²) < 4.78 is 5.22. The zero-order chi connectivity index (χ0) is 18.6. The Labute approximate surface area is 153 Å². The maximum absolute atomic E-state index is 12.4. The SMILES string of the molecule is O=C(c1ccccc1)c1c[nH]c(C(=O)NCc2nc(-c3ccco3)n[nH]2)c1. The van der Waals surface area contributed by atoms with E-state index in [1.165, 1.54) is 18.5 Å². The summed E-state index contributed by atoms with van der Waals surface area (Å²) in [5.41, 5.74) is 1.28. The molecule has 0 spiro atoms. The van der Waals surface area contributed by atoms with Gasteiger partial charge < -0.3 is 14.7 Å². The van der Waals surface area contributed by atoms with Crippen molar-refractivity contribution in [3.63, 3.8) is 0 Å². The first-order valence-electron chi connectivity index (χ1n) is 8.22. The molecule has 1 aromatic carbocycles. The number of ketones is 1. The van der Waals surface area contributed by atoms with E-state index in [0.29, 0.717) is 34.2 Å². The normalized spacial score (nSPS) is 10.7. The Morgan fingerprint density at radius 3 is 2.70 bits per heavy atom. The van der Waals surface area contributed by atoms with Crippen molar-refractivity contribution < 1.29 is 14.0 Å². The Morgan fingerprint density at radius 1 is 1.07 bits per heavy atom. The zero-order valence-corrected chi connectivity index (χ0v) is 14.1. The summed E-state index contributed by atoms with van der Waals surface area (Å²) in [5.74, 6) is 0.946. The van der Waals surface area contributed by atoms with Gasteiger partial charge in [-0.05, 0) is 18.2 Å². The highest BCUT2D eigenvalue weighted by atomic mass is 16.3. The van der Waals surface area contributed by atoms with Gasteiger partial charge in [0, 0.05) is 17.3 Å². The van der Waals surface area contributed by atoms with Crippen LogP contribution in [0.15, 0.2) is 65.4 Å². The lowest BCUT2D eigenvalue weighted by molar-refractivity contribution is 0.0945. The van der Waals surface area contributed by atoms with Crippen molar-refractivity contribution in [3.8, 4) is 11.6 Å². The van der Waals surface area contributed by atoms with Crippen molar-refractivity contribution in [3.05, 3.63) is 83.6 Å². The molecule has 0 unspecified atom stereocenters. The van der Waals surface area contributed by atoms with Crippen LogP contribution in [0.25, 0.3) is 11.6 Å². The molecule has 27 heavy (non-hydrogen) atoms. The van der Waals surface area contributed by atoms with E-state index in [2.05, 4.69) is 25.5 Å². The van der Waals surface area contributed by atoms with Gasteiger partial charge in [0.05, 0.1) is 12.8 Å². The van der Waals surface area contributed by atoms with Gasteiger partial charge in [-0.1, -0.05) is 30.3 Å². The van der Waals surface area contributed by atoms with E-state index in [4.69, 9.17) is 4.42 Å². The topological polar surface area (TPSA) is 117 Å². The first-order chi connectivity index (χ1) is 13.2. The first kappa shape index (κ1) is 16.5. The number of benzene rings is 1. The van der Waals surface area contributed by atoms with Crippen molar-refractivity contribution in [1.29, 1.82) is 0 Å². The minimum absolute atomic E-state index is 0.149. The van der Waals surface area contributed by atoms with Crippen LogP contribution in [0.3, 0.4) is 0 Å². The maximum Gasteiger partial charge on any atom is 0.268 e. The molecule has 0 aliphatic carbocycles. The fourth-order valence-corrected chi connectivity index (χ4v) is 2.56. The fraction of sp³-hybridized carbons (Fsp3) is 0.0526. The average molecular weight is 361 g/mol. The lowest BCUT2D eigenvalue weighted by Crippen LogP contribution is -2.23. The first-order valence-corrected chi connectivity index (χ1v) is 8.22. The van der Waals surface area contributed by atoms with Crippen molar-refractivity contribution in [2.75, 3.05) is 0 Å². The van der Waals surface area contributed by atoms with Gasteiger partial charge in [0.2, 0.25) is 5.82 Å². The van der Waals surface area contributed by atoms with Crippen molar-refractivity contribution in [1.82, 2.24) is 25.5 Å². The van der Waals surface area contributed by atoms with E-state index in [0.717, 1.165) is 0 Å². The van der Waals surface area contributed by atoms with E-state index in [1.807, 2.05) is 6.07 Å². The van der Waals surface area contributed by atoms with E-state index < -0.39 is 0 Å². The fourth-order valence-electron chi connectivity index (χ4n) is 2.56. The number of aromatic amines is 2. The predicted molar refractivity (Wildman–Crippen MR) is 95.9 cm³/mol. The average Bonchev–Trinajstić information content (AvgIpc) is 3.47. The molecule has 0 fully saturated rings. The number of amides is 1. The molecule has 4 aromatic rings. The third-order valence-corrected chi connectivity index (χ3v) is 3.92. The summed E-state index contributed by atoms with van der Waals surface area (Å²) in [7, 11) is 0. The van der Waals surface area contributed by atoms with Gasteiger partial charge >= 0.3 is 0 Å². The summed E-state index contributed by atoms with van der Waals surface area (Å²) in [4.78, 5) is 31.8. The number of H-pyrrole nitrogens is 2. The lowest BCUT2D eigenvalue weighted by atomic mass is 10.1. The molecule has 3 N–H and O–H groups in total. The van der Waals surface area contributed by atoms with Crippen LogP contribution < -0.4 is 5.32 Å². The second-order valence-corrected chi connectivity index (χ2v) is 5.76. The Kier molecular flexibility index (Phi) is 4.36. The number of hydrogen-bond donors (Lipinski definition) is 3. The summed E-state index contributed by atoms with van der Waals surface area (Å²) in [5, 5.41) is 9.50. The molecule has 3 aromatic heterocycles. The number of hydrogen-bond acceptors (Lipinski definition) is 5. The van der Waals surface area contributed by atoms with Gasteiger partial charge in [0.15, 0.2) is 11.5 Å². The minimum atomic E-state index is -0.349. The quantitative estimate of drug-likeness (QED) is 0.456. The Balaban J connectivity index is 1.39. The molecule has 0 aliphatic heterocycles. The number of furan rings is 1. The molecule has 3 heterocycles. The summed E-state index contributed by atoms with van der Waals surface area (Å²) in [6, 6.07) is 13.9. The Bertz CT molecular complexity index is 1060. The number of aromatic nitrogens is 4. The highest BCUT2D eigenvalue weighted by molar-refractivity contribution is 6.10.